The monoisotopic (exact) mass is 166 g/mol. The molecule has 0 nitrogen and oxygen atoms in total. The highest BCUT2D eigenvalue weighted by Gasteiger charge is 2.19. The number of rotatable bonds is 2. The molecule has 0 spiro atoms. The Morgan fingerprint density at radius 2 is 1.83 bits per heavy atom. The Morgan fingerprint density at radius 1 is 1.25 bits per heavy atom. The number of hydrogen-bond donors (Lipinski definition) is 0. The van der Waals surface area contributed by atoms with E-state index in [0.717, 1.165) is 11.8 Å². The maximum absolute atomic E-state index is 2.39. The van der Waals surface area contributed by atoms with Crippen LogP contribution in [0.3, 0.4) is 0 Å². The Morgan fingerprint density at radius 3 is 2.25 bits per heavy atom. The standard InChI is InChI=1S/C12H22/c1-4-11(5-2)12-8-6-10(3)7-9-12/h4,10,12H,5-9H2,1-3H3. The fourth-order valence-electron chi connectivity index (χ4n) is 2.36. The maximum Gasteiger partial charge on any atom is -0.0203 e. The van der Waals surface area contributed by atoms with Gasteiger partial charge in [0.2, 0.25) is 0 Å². The lowest BCUT2D eigenvalue weighted by atomic mass is 9.78. The lowest BCUT2D eigenvalue weighted by Crippen LogP contribution is -2.13. The van der Waals surface area contributed by atoms with Crippen molar-refractivity contribution < 1.29 is 0 Å². The van der Waals surface area contributed by atoms with Gasteiger partial charge in [-0.15, -0.1) is 0 Å². The predicted octanol–water partition coefficient (Wildman–Crippen LogP) is 4.17. The van der Waals surface area contributed by atoms with Crippen molar-refractivity contribution in [2.75, 3.05) is 0 Å². The lowest BCUT2D eigenvalue weighted by Gasteiger charge is -2.27. The summed E-state index contributed by atoms with van der Waals surface area (Å²) in [5.41, 5.74) is 1.70. The average Bonchev–Trinajstić information content (AvgIpc) is 2.10. The molecular formula is C12H22. The average molecular weight is 166 g/mol. The molecule has 0 aromatic carbocycles. The van der Waals surface area contributed by atoms with Crippen molar-refractivity contribution >= 4 is 0 Å². The second-order valence-electron chi connectivity index (χ2n) is 4.17. The van der Waals surface area contributed by atoms with Crippen molar-refractivity contribution in [3.05, 3.63) is 11.6 Å². The minimum absolute atomic E-state index is 0.927. The van der Waals surface area contributed by atoms with Crippen LogP contribution in [0.25, 0.3) is 0 Å². The third-order valence-electron chi connectivity index (χ3n) is 3.32. The highest BCUT2D eigenvalue weighted by atomic mass is 14.2. The normalized spacial score (nSPS) is 32.1. The zero-order valence-electron chi connectivity index (χ0n) is 8.77. The van der Waals surface area contributed by atoms with Crippen molar-refractivity contribution in [1.29, 1.82) is 0 Å². The summed E-state index contributed by atoms with van der Waals surface area (Å²) in [6.45, 7) is 6.86. The first-order valence-corrected chi connectivity index (χ1v) is 5.43. The molecule has 1 aliphatic rings. The molecule has 0 N–H and O–H groups in total. The largest absolute Gasteiger partial charge is 0.0882 e. The van der Waals surface area contributed by atoms with Gasteiger partial charge in [0.1, 0.15) is 0 Å². The molecule has 0 unspecified atom stereocenters. The van der Waals surface area contributed by atoms with Gasteiger partial charge < -0.3 is 0 Å². The fraction of sp³-hybridized carbons (Fsp3) is 0.833. The van der Waals surface area contributed by atoms with Crippen molar-refractivity contribution in [3.63, 3.8) is 0 Å². The molecule has 0 aromatic heterocycles. The summed E-state index contributed by atoms with van der Waals surface area (Å²) >= 11 is 0. The van der Waals surface area contributed by atoms with Crippen LogP contribution in [-0.4, -0.2) is 0 Å². The maximum atomic E-state index is 2.39. The van der Waals surface area contributed by atoms with E-state index >= 15 is 0 Å². The summed E-state index contributed by atoms with van der Waals surface area (Å²) in [5, 5.41) is 0. The summed E-state index contributed by atoms with van der Waals surface area (Å²) in [7, 11) is 0. The van der Waals surface area contributed by atoms with E-state index in [1.54, 1.807) is 5.57 Å². The zero-order valence-corrected chi connectivity index (χ0v) is 8.77. The predicted molar refractivity (Wildman–Crippen MR) is 55.2 cm³/mol. The van der Waals surface area contributed by atoms with Crippen molar-refractivity contribution in [2.45, 2.75) is 52.9 Å². The minimum atomic E-state index is 0.927. The molecule has 1 fully saturated rings. The highest BCUT2D eigenvalue weighted by molar-refractivity contribution is 5.05. The molecule has 1 saturated carbocycles. The van der Waals surface area contributed by atoms with E-state index in [0.29, 0.717) is 0 Å². The summed E-state index contributed by atoms with van der Waals surface area (Å²) in [6, 6.07) is 0. The molecule has 0 bridgehead atoms. The van der Waals surface area contributed by atoms with Gasteiger partial charge in [0.25, 0.3) is 0 Å². The van der Waals surface area contributed by atoms with Gasteiger partial charge in [-0.2, -0.15) is 0 Å². The summed E-state index contributed by atoms with van der Waals surface area (Å²) in [6.07, 6.45) is 9.36. The van der Waals surface area contributed by atoms with Gasteiger partial charge >= 0.3 is 0 Å². The molecule has 0 heterocycles. The molecule has 70 valence electrons. The number of hydrogen-bond acceptors (Lipinski definition) is 0. The zero-order chi connectivity index (χ0) is 8.97. The SMILES string of the molecule is CC=C(CC)C1CCC(C)CC1. The second kappa shape index (κ2) is 4.69. The van der Waals surface area contributed by atoms with Crippen LogP contribution in [0.15, 0.2) is 11.6 Å². The van der Waals surface area contributed by atoms with Crippen LogP contribution in [0.1, 0.15) is 52.9 Å². The van der Waals surface area contributed by atoms with Crippen molar-refractivity contribution in [2.24, 2.45) is 11.8 Å². The fourth-order valence-corrected chi connectivity index (χ4v) is 2.36. The first kappa shape index (κ1) is 9.83. The van der Waals surface area contributed by atoms with Crippen LogP contribution >= 0.6 is 0 Å². The van der Waals surface area contributed by atoms with Crippen LogP contribution in [0.4, 0.5) is 0 Å². The lowest BCUT2D eigenvalue weighted by molar-refractivity contribution is 0.316. The van der Waals surface area contributed by atoms with E-state index in [1.165, 1.54) is 32.1 Å². The molecule has 0 atom stereocenters. The van der Waals surface area contributed by atoms with Gasteiger partial charge in [-0.05, 0) is 38.0 Å². The molecule has 0 aliphatic heterocycles. The van der Waals surface area contributed by atoms with E-state index in [1.807, 2.05) is 0 Å². The van der Waals surface area contributed by atoms with Gasteiger partial charge in [0.15, 0.2) is 0 Å². The van der Waals surface area contributed by atoms with Gasteiger partial charge in [0.05, 0.1) is 0 Å². The van der Waals surface area contributed by atoms with E-state index in [-0.39, 0.29) is 0 Å². The first-order valence-electron chi connectivity index (χ1n) is 5.43. The Bertz CT molecular complexity index is 147. The van der Waals surface area contributed by atoms with Crippen molar-refractivity contribution in [3.8, 4) is 0 Å². The van der Waals surface area contributed by atoms with Crippen LogP contribution in [0, 0.1) is 11.8 Å². The van der Waals surface area contributed by atoms with Crippen LogP contribution < -0.4 is 0 Å². The van der Waals surface area contributed by atoms with Crippen molar-refractivity contribution in [1.82, 2.24) is 0 Å². The third kappa shape index (κ3) is 2.36. The Balaban J connectivity index is 2.43. The number of allylic oxidation sites excluding steroid dienone is 2. The van der Waals surface area contributed by atoms with Gasteiger partial charge in [-0.3, -0.25) is 0 Å². The molecule has 0 saturated heterocycles. The van der Waals surface area contributed by atoms with Gasteiger partial charge in [0, 0.05) is 0 Å². The van der Waals surface area contributed by atoms with Crippen LogP contribution in [0.5, 0.6) is 0 Å². The highest BCUT2D eigenvalue weighted by Crippen LogP contribution is 2.33. The van der Waals surface area contributed by atoms with Gasteiger partial charge in [-0.25, -0.2) is 0 Å². The topological polar surface area (TPSA) is 0 Å². The van der Waals surface area contributed by atoms with Crippen LogP contribution in [0.2, 0.25) is 0 Å². The molecule has 0 heteroatoms. The third-order valence-corrected chi connectivity index (χ3v) is 3.32. The van der Waals surface area contributed by atoms with E-state index in [4.69, 9.17) is 0 Å². The van der Waals surface area contributed by atoms with Gasteiger partial charge in [-0.1, -0.05) is 38.3 Å². The minimum Gasteiger partial charge on any atom is -0.0882 e. The Kier molecular flexibility index (Phi) is 3.84. The molecule has 0 amide bonds. The van der Waals surface area contributed by atoms with E-state index < -0.39 is 0 Å². The van der Waals surface area contributed by atoms with E-state index in [9.17, 15) is 0 Å². The molecule has 1 rings (SSSR count). The molecule has 12 heavy (non-hydrogen) atoms. The smallest absolute Gasteiger partial charge is 0.0203 e. The Labute approximate surface area is 77.1 Å². The first-order chi connectivity index (χ1) is 5.77. The molecule has 1 aliphatic carbocycles. The summed E-state index contributed by atoms with van der Waals surface area (Å²) in [4.78, 5) is 0. The second-order valence-corrected chi connectivity index (χ2v) is 4.17. The Hall–Kier alpha value is -0.260. The van der Waals surface area contributed by atoms with Crippen LogP contribution in [-0.2, 0) is 0 Å². The summed E-state index contributed by atoms with van der Waals surface area (Å²) < 4.78 is 0. The molecule has 0 radical (unpaired) electrons. The molecular weight excluding hydrogens is 144 g/mol. The summed E-state index contributed by atoms with van der Waals surface area (Å²) in [5.74, 6) is 1.91. The van der Waals surface area contributed by atoms with E-state index in [2.05, 4.69) is 26.8 Å². The quantitative estimate of drug-likeness (QED) is 0.540. The molecule has 0 aromatic rings.